The van der Waals surface area contributed by atoms with Gasteiger partial charge in [-0.1, -0.05) is 18.6 Å². The third-order valence-corrected chi connectivity index (χ3v) is 7.99. The third-order valence-electron chi connectivity index (χ3n) is 5.64. The van der Waals surface area contributed by atoms with Gasteiger partial charge in [0.05, 0.1) is 11.4 Å². The van der Waals surface area contributed by atoms with Crippen LogP contribution >= 0.6 is 11.3 Å². The van der Waals surface area contributed by atoms with Gasteiger partial charge in [-0.15, -0.1) is 11.3 Å². The number of likely N-dealkylation sites (tertiary alicyclic amines) is 1. The number of amidine groups is 1. The minimum atomic E-state index is -3.74. The molecule has 31 heavy (non-hydrogen) atoms. The molecule has 1 fully saturated rings. The van der Waals surface area contributed by atoms with Crippen molar-refractivity contribution in [2.75, 3.05) is 25.0 Å². The molecule has 0 aliphatic carbocycles. The van der Waals surface area contributed by atoms with Crippen molar-refractivity contribution >= 4 is 38.8 Å². The van der Waals surface area contributed by atoms with Crippen LogP contribution in [0.25, 0.3) is 0 Å². The van der Waals surface area contributed by atoms with Gasteiger partial charge in [-0.05, 0) is 61.9 Å². The summed E-state index contributed by atoms with van der Waals surface area (Å²) in [6, 6.07) is 10.8. The van der Waals surface area contributed by atoms with Gasteiger partial charge in [-0.2, -0.15) is 0 Å². The number of nitrogens with zero attached hydrogens (tertiary/aromatic N) is 2. The molecule has 0 bridgehead atoms. The van der Waals surface area contributed by atoms with Crippen molar-refractivity contribution in [2.45, 2.75) is 49.5 Å². The number of amides is 1. The second kappa shape index (κ2) is 9.93. The first-order valence-electron chi connectivity index (χ1n) is 10.7. The van der Waals surface area contributed by atoms with Gasteiger partial charge in [0.2, 0.25) is 5.91 Å². The van der Waals surface area contributed by atoms with Gasteiger partial charge in [-0.3, -0.25) is 19.4 Å². The maximum absolute atomic E-state index is 12.8. The number of aliphatic imine (C=N–C) groups is 1. The highest BCUT2D eigenvalue weighted by Crippen LogP contribution is 2.34. The first-order chi connectivity index (χ1) is 15.0. The first kappa shape index (κ1) is 22.0. The monoisotopic (exact) mass is 460 g/mol. The fourth-order valence-corrected chi connectivity index (χ4v) is 6.15. The summed E-state index contributed by atoms with van der Waals surface area (Å²) in [5.74, 6) is 0.375. The zero-order chi connectivity index (χ0) is 21.7. The molecule has 1 atom stereocenters. The molecule has 1 aromatic carbocycles. The van der Waals surface area contributed by atoms with E-state index >= 15 is 0 Å². The molecule has 7 nitrogen and oxygen atoms in total. The van der Waals surface area contributed by atoms with E-state index in [2.05, 4.69) is 31.4 Å². The molecular formula is C22H28N4O3S2. The minimum absolute atomic E-state index is 0.120. The van der Waals surface area contributed by atoms with Crippen molar-refractivity contribution < 1.29 is 13.2 Å². The van der Waals surface area contributed by atoms with Crippen LogP contribution in [0.3, 0.4) is 0 Å². The standard InChI is InChI=1S/C22H28N4O3S2/c27-22(16-26-13-5-9-19(26)20-10-6-14-30-20)24-17-7-4-8-18(15-17)31(28,29)25-21-11-2-1-3-12-23-21/h4,6-8,10,14-15,19H,1-3,5,9,11-13,16H2,(H,23,25)(H,24,27). The van der Waals surface area contributed by atoms with E-state index in [1.54, 1.807) is 23.5 Å². The summed E-state index contributed by atoms with van der Waals surface area (Å²) < 4.78 is 28.2. The second-order valence-electron chi connectivity index (χ2n) is 7.96. The highest BCUT2D eigenvalue weighted by atomic mass is 32.2. The minimum Gasteiger partial charge on any atom is -0.325 e. The number of carbonyl (C=O) groups excluding carboxylic acids is 1. The molecule has 2 aliphatic heterocycles. The van der Waals surface area contributed by atoms with Crippen LogP contribution in [-0.2, 0) is 14.8 Å². The molecule has 1 aromatic heterocycles. The molecule has 9 heteroatoms. The molecule has 0 saturated carbocycles. The van der Waals surface area contributed by atoms with Gasteiger partial charge < -0.3 is 5.32 Å². The summed E-state index contributed by atoms with van der Waals surface area (Å²) in [4.78, 5) is 20.6. The lowest BCUT2D eigenvalue weighted by Gasteiger charge is -2.23. The van der Waals surface area contributed by atoms with E-state index in [0.29, 0.717) is 24.5 Å². The van der Waals surface area contributed by atoms with Crippen LogP contribution in [-0.4, -0.2) is 44.7 Å². The lowest BCUT2D eigenvalue weighted by Crippen LogP contribution is -2.33. The van der Waals surface area contributed by atoms with Gasteiger partial charge in [0.25, 0.3) is 10.0 Å². The Hall–Kier alpha value is -2.23. The fourth-order valence-electron chi connectivity index (χ4n) is 4.12. The topological polar surface area (TPSA) is 90.9 Å². The lowest BCUT2D eigenvalue weighted by molar-refractivity contribution is -0.117. The van der Waals surface area contributed by atoms with Crippen LogP contribution in [0, 0.1) is 0 Å². The zero-order valence-corrected chi connectivity index (χ0v) is 19.1. The van der Waals surface area contributed by atoms with Gasteiger partial charge in [0.15, 0.2) is 0 Å². The first-order valence-corrected chi connectivity index (χ1v) is 13.1. The van der Waals surface area contributed by atoms with Crippen molar-refractivity contribution in [1.29, 1.82) is 0 Å². The quantitative estimate of drug-likeness (QED) is 0.686. The number of benzene rings is 1. The molecule has 166 valence electrons. The van der Waals surface area contributed by atoms with E-state index in [1.807, 2.05) is 6.07 Å². The summed E-state index contributed by atoms with van der Waals surface area (Å²) in [7, 11) is -3.74. The number of hydrogen-bond donors (Lipinski definition) is 2. The largest absolute Gasteiger partial charge is 0.325 e. The second-order valence-corrected chi connectivity index (χ2v) is 10.6. The van der Waals surface area contributed by atoms with Crippen molar-refractivity contribution in [3.05, 3.63) is 46.7 Å². The molecule has 3 heterocycles. The van der Waals surface area contributed by atoms with Crippen LogP contribution in [0.5, 0.6) is 0 Å². The van der Waals surface area contributed by atoms with Gasteiger partial charge in [0.1, 0.15) is 5.84 Å². The van der Waals surface area contributed by atoms with Gasteiger partial charge >= 0.3 is 0 Å². The Morgan fingerprint density at radius 1 is 1.16 bits per heavy atom. The molecule has 2 aromatic rings. The van der Waals surface area contributed by atoms with Crippen LogP contribution in [0.15, 0.2) is 51.7 Å². The lowest BCUT2D eigenvalue weighted by atomic mass is 10.2. The van der Waals surface area contributed by atoms with E-state index in [-0.39, 0.29) is 23.4 Å². The number of anilines is 1. The summed E-state index contributed by atoms with van der Waals surface area (Å²) in [6.45, 7) is 1.82. The summed E-state index contributed by atoms with van der Waals surface area (Å²) >= 11 is 1.72. The van der Waals surface area contributed by atoms with E-state index in [4.69, 9.17) is 0 Å². The Morgan fingerprint density at radius 2 is 2.06 bits per heavy atom. The van der Waals surface area contributed by atoms with E-state index in [1.165, 1.54) is 17.0 Å². The van der Waals surface area contributed by atoms with Crippen molar-refractivity contribution in [2.24, 2.45) is 4.99 Å². The smallest absolute Gasteiger partial charge is 0.262 e. The van der Waals surface area contributed by atoms with Crippen molar-refractivity contribution in [3.8, 4) is 0 Å². The highest BCUT2D eigenvalue weighted by Gasteiger charge is 2.28. The maximum atomic E-state index is 12.8. The number of nitrogens with one attached hydrogen (secondary N) is 2. The maximum Gasteiger partial charge on any atom is 0.262 e. The van der Waals surface area contributed by atoms with E-state index in [9.17, 15) is 13.2 Å². The Morgan fingerprint density at radius 3 is 2.90 bits per heavy atom. The normalized spacial score (nSPS) is 20.1. The van der Waals surface area contributed by atoms with Gasteiger partial charge in [-0.25, -0.2) is 8.42 Å². The molecule has 1 unspecified atom stereocenters. The Kier molecular flexibility index (Phi) is 7.04. The SMILES string of the molecule is O=C(CN1CCCC1c1cccs1)Nc1cccc(S(=O)(=O)NC2=NCCCCC2)c1. The van der Waals surface area contributed by atoms with Crippen molar-refractivity contribution in [3.63, 3.8) is 0 Å². The Labute approximate surface area is 187 Å². The molecule has 2 N–H and O–H groups in total. The van der Waals surface area contributed by atoms with Crippen LogP contribution in [0.1, 0.15) is 49.4 Å². The van der Waals surface area contributed by atoms with Crippen molar-refractivity contribution in [1.82, 2.24) is 9.62 Å². The van der Waals surface area contributed by atoms with Crippen LogP contribution in [0.4, 0.5) is 5.69 Å². The average molecular weight is 461 g/mol. The summed E-state index contributed by atoms with van der Waals surface area (Å²) in [6.07, 6.45) is 5.73. The Balaban J connectivity index is 1.40. The Bertz CT molecular complexity index is 1030. The molecular weight excluding hydrogens is 432 g/mol. The number of carbonyl (C=O) groups is 1. The number of hydrogen-bond acceptors (Lipinski definition) is 6. The van der Waals surface area contributed by atoms with Crippen LogP contribution in [0.2, 0.25) is 0 Å². The average Bonchev–Trinajstić information content (AvgIpc) is 3.36. The van der Waals surface area contributed by atoms with E-state index < -0.39 is 10.0 Å². The molecule has 2 aliphatic rings. The zero-order valence-electron chi connectivity index (χ0n) is 17.4. The van der Waals surface area contributed by atoms with E-state index in [0.717, 1.165) is 38.6 Å². The molecule has 0 radical (unpaired) electrons. The molecule has 1 saturated heterocycles. The number of sulfonamides is 1. The molecule has 1 amide bonds. The highest BCUT2D eigenvalue weighted by molar-refractivity contribution is 7.90. The summed E-state index contributed by atoms with van der Waals surface area (Å²) in [5, 5.41) is 4.92. The number of rotatable bonds is 6. The predicted molar refractivity (Wildman–Crippen MR) is 124 cm³/mol. The molecule has 4 rings (SSSR count). The number of thiophene rings is 1. The van der Waals surface area contributed by atoms with Gasteiger partial charge in [0, 0.05) is 29.6 Å². The molecule has 0 spiro atoms. The predicted octanol–water partition coefficient (Wildman–Crippen LogP) is 3.77. The van der Waals surface area contributed by atoms with Crippen LogP contribution < -0.4 is 10.0 Å². The third kappa shape index (κ3) is 5.72. The fraction of sp³-hybridized carbons (Fsp3) is 0.455. The summed E-state index contributed by atoms with van der Waals surface area (Å²) in [5.41, 5.74) is 0.475.